The lowest BCUT2D eigenvalue weighted by atomic mass is 10.1. The summed E-state index contributed by atoms with van der Waals surface area (Å²) in [5.74, 6) is 0.677. The minimum absolute atomic E-state index is 0.304. The number of hydrogen-bond donors (Lipinski definition) is 1. The van der Waals surface area contributed by atoms with Crippen LogP contribution in [0.15, 0.2) is 24.3 Å². The quantitative estimate of drug-likeness (QED) is 0.837. The lowest BCUT2D eigenvalue weighted by Gasteiger charge is -2.06. The van der Waals surface area contributed by atoms with Crippen LogP contribution in [0.3, 0.4) is 0 Å². The molecule has 80 valence electrons. The van der Waals surface area contributed by atoms with Gasteiger partial charge in [0.05, 0.1) is 18.2 Å². The summed E-state index contributed by atoms with van der Waals surface area (Å²) in [6, 6.07) is 5.68. The Bertz CT molecular complexity index is 399. The van der Waals surface area contributed by atoms with Crippen molar-refractivity contribution >= 4 is 17.2 Å². The monoisotopic (exact) mass is 224 g/mol. The largest absolute Gasteiger partial charge is 0.495 e. The summed E-state index contributed by atoms with van der Waals surface area (Å²) in [6.45, 7) is 0. The van der Waals surface area contributed by atoms with Crippen LogP contribution in [0.4, 0.5) is 0 Å². The summed E-state index contributed by atoms with van der Waals surface area (Å²) in [6.07, 6.45) is 3.30. The smallest absolute Gasteiger partial charge is 0.138 e. The van der Waals surface area contributed by atoms with Gasteiger partial charge in [0.25, 0.3) is 0 Å². The number of ether oxygens (including phenoxy) is 1. The average molecular weight is 225 g/mol. The predicted octanol–water partition coefficient (Wildman–Crippen LogP) is 2.89. The molecule has 1 aromatic rings. The lowest BCUT2D eigenvalue weighted by Crippen LogP contribution is -1.93. The second-order valence-electron chi connectivity index (χ2n) is 3.65. The number of aliphatic hydroxyl groups excluding tert-OH is 1. The van der Waals surface area contributed by atoms with E-state index in [0.29, 0.717) is 10.8 Å². The maximum absolute atomic E-state index is 9.41. The molecule has 1 aliphatic carbocycles. The summed E-state index contributed by atoms with van der Waals surface area (Å²) in [7, 11) is 1.60. The molecule has 0 radical (unpaired) electrons. The number of benzene rings is 1. The topological polar surface area (TPSA) is 29.5 Å². The Hall–Kier alpha value is -0.990. The summed E-state index contributed by atoms with van der Waals surface area (Å²) in [5.41, 5.74) is 2.24. The predicted molar refractivity (Wildman–Crippen MR) is 61.2 cm³/mol. The molecule has 15 heavy (non-hydrogen) atoms. The van der Waals surface area contributed by atoms with Crippen LogP contribution in [0.1, 0.15) is 18.4 Å². The molecule has 1 unspecified atom stereocenters. The first kappa shape index (κ1) is 10.5. The second-order valence-corrected chi connectivity index (χ2v) is 4.05. The number of aliphatic hydroxyl groups is 1. The highest BCUT2D eigenvalue weighted by molar-refractivity contribution is 6.32. The molecule has 1 aliphatic rings. The van der Waals surface area contributed by atoms with Gasteiger partial charge < -0.3 is 9.84 Å². The summed E-state index contributed by atoms with van der Waals surface area (Å²) >= 11 is 5.94. The van der Waals surface area contributed by atoms with Gasteiger partial charge in [-0.1, -0.05) is 23.7 Å². The van der Waals surface area contributed by atoms with Crippen molar-refractivity contribution < 1.29 is 9.84 Å². The highest BCUT2D eigenvalue weighted by Crippen LogP contribution is 2.33. The summed E-state index contributed by atoms with van der Waals surface area (Å²) in [5, 5.41) is 10.0. The minimum atomic E-state index is -0.304. The number of hydrogen-bond acceptors (Lipinski definition) is 2. The molecule has 0 spiro atoms. The fourth-order valence-corrected chi connectivity index (χ4v) is 2.00. The summed E-state index contributed by atoms with van der Waals surface area (Å²) in [4.78, 5) is 0. The first-order chi connectivity index (χ1) is 7.20. The molecule has 0 amide bonds. The van der Waals surface area contributed by atoms with Crippen molar-refractivity contribution in [2.75, 3.05) is 7.11 Å². The zero-order valence-corrected chi connectivity index (χ0v) is 9.29. The van der Waals surface area contributed by atoms with Gasteiger partial charge in [-0.15, -0.1) is 0 Å². The fraction of sp³-hybridized carbons (Fsp3) is 0.333. The van der Waals surface area contributed by atoms with E-state index in [9.17, 15) is 5.11 Å². The molecule has 3 heteroatoms. The Morgan fingerprint density at radius 2 is 2.27 bits per heavy atom. The maximum Gasteiger partial charge on any atom is 0.138 e. The lowest BCUT2D eigenvalue weighted by molar-refractivity contribution is 0.223. The van der Waals surface area contributed by atoms with Crippen LogP contribution in [-0.2, 0) is 0 Å². The van der Waals surface area contributed by atoms with Crippen molar-refractivity contribution in [1.82, 2.24) is 0 Å². The fourth-order valence-electron chi connectivity index (χ4n) is 1.80. The van der Waals surface area contributed by atoms with Gasteiger partial charge >= 0.3 is 0 Å². The molecule has 0 saturated heterocycles. The number of rotatable bonds is 2. The van der Waals surface area contributed by atoms with Gasteiger partial charge in [0.15, 0.2) is 0 Å². The van der Waals surface area contributed by atoms with E-state index in [4.69, 9.17) is 16.3 Å². The molecular formula is C12H13ClO2. The summed E-state index contributed by atoms with van der Waals surface area (Å²) < 4.78 is 5.15. The Kier molecular flexibility index (Phi) is 2.98. The molecule has 0 bridgehead atoms. The van der Waals surface area contributed by atoms with Gasteiger partial charge in [0.1, 0.15) is 5.75 Å². The van der Waals surface area contributed by atoms with E-state index in [1.54, 1.807) is 7.11 Å². The SMILES string of the molecule is COc1cc(C2=CC(O)CC2)ccc1Cl. The van der Waals surface area contributed by atoms with Gasteiger partial charge in [-0.3, -0.25) is 0 Å². The molecule has 2 rings (SSSR count). The van der Waals surface area contributed by atoms with E-state index >= 15 is 0 Å². The zero-order valence-electron chi connectivity index (χ0n) is 8.53. The molecule has 1 atom stereocenters. The Labute approximate surface area is 94.1 Å². The molecule has 0 saturated carbocycles. The molecule has 2 nitrogen and oxygen atoms in total. The van der Waals surface area contributed by atoms with Crippen molar-refractivity contribution in [3.8, 4) is 5.75 Å². The molecule has 0 aliphatic heterocycles. The number of allylic oxidation sites excluding steroid dienone is 1. The molecule has 0 aromatic heterocycles. The van der Waals surface area contributed by atoms with Gasteiger partial charge in [-0.25, -0.2) is 0 Å². The Morgan fingerprint density at radius 3 is 2.87 bits per heavy atom. The number of methoxy groups -OCH3 is 1. The van der Waals surface area contributed by atoms with Crippen LogP contribution >= 0.6 is 11.6 Å². The van der Waals surface area contributed by atoms with Gasteiger partial charge in [0.2, 0.25) is 0 Å². The first-order valence-electron chi connectivity index (χ1n) is 4.93. The third-order valence-electron chi connectivity index (χ3n) is 2.62. The molecular weight excluding hydrogens is 212 g/mol. The normalized spacial score (nSPS) is 20.2. The average Bonchev–Trinajstić information content (AvgIpc) is 2.66. The van der Waals surface area contributed by atoms with E-state index in [2.05, 4.69) is 0 Å². The minimum Gasteiger partial charge on any atom is -0.495 e. The first-order valence-corrected chi connectivity index (χ1v) is 5.31. The van der Waals surface area contributed by atoms with Crippen LogP contribution in [0, 0.1) is 0 Å². The zero-order chi connectivity index (χ0) is 10.8. The second kappa shape index (κ2) is 4.25. The van der Waals surface area contributed by atoms with E-state index in [0.717, 1.165) is 24.0 Å². The van der Waals surface area contributed by atoms with E-state index in [1.165, 1.54) is 0 Å². The van der Waals surface area contributed by atoms with E-state index in [1.807, 2.05) is 24.3 Å². The van der Waals surface area contributed by atoms with Crippen LogP contribution in [0.25, 0.3) is 5.57 Å². The van der Waals surface area contributed by atoms with E-state index < -0.39 is 0 Å². The van der Waals surface area contributed by atoms with Gasteiger partial charge in [-0.2, -0.15) is 0 Å². The molecule has 1 aromatic carbocycles. The maximum atomic E-state index is 9.41. The highest BCUT2D eigenvalue weighted by atomic mass is 35.5. The molecule has 0 heterocycles. The Balaban J connectivity index is 2.33. The van der Waals surface area contributed by atoms with Gasteiger partial charge in [-0.05, 0) is 36.1 Å². The Morgan fingerprint density at radius 1 is 1.47 bits per heavy atom. The van der Waals surface area contributed by atoms with Crippen LogP contribution in [0.2, 0.25) is 5.02 Å². The third-order valence-corrected chi connectivity index (χ3v) is 2.94. The van der Waals surface area contributed by atoms with Crippen molar-refractivity contribution in [2.24, 2.45) is 0 Å². The van der Waals surface area contributed by atoms with Crippen molar-refractivity contribution in [3.63, 3.8) is 0 Å². The highest BCUT2D eigenvalue weighted by Gasteiger charge is 2.15. The third kappa shape index (κ3) is 2.16. The van der Waals surface area contributed by atoms with Crippen LogP contribution in [-0.4, -0.2) is 18.3 Å². The van der Waals surface area contributed by atoms with Crippen molar-refractivity contribution in [3.05, 3.63) is 34.9 Å². The molecule has 1 N–H and O–H groups in total. The van der Waals surface area contributed by atoms with Crippen molar-refractivity contribution in [1.29, 1.82) is 0 Å². The van der Waals surface area contributed by atoms with Crippen LogP contribution in [0.5, 0.6) is 5.75 Å². The molecule has 0 fully saturated rings. The van der Waals surface area contributed by atoms with Crippen molar-refractivity contribution in [2.45, 2.75) is 18.9 Å². The standard InChI is InChI=1S/C12H13ClO2/c1-15-12-7-9(3-5-11(12)13)8-2-4-10(14)6-8/h3,5-7,10,14H,2,4H2,1H3. The van der Waals surface area contributed by atoms with E-state index in [-0.39, 0.29) is 6.10 Å². The van der Waals surface area contributed by atoms with Crippen LogP contribution < -0.4 is 4.74 Å². The van der Waals surface area contributed by atoms with Gasteiger partial charge in [0, 0.05) is 0 Å². The number of halogens is 1.